The Labute approximate surface area is 59.6 Å². The maximum Gasteiger partial charge on any atom is 0.332 e. The third kappa shape index (κ3) is 1.01. The number of hydrogen-bond acceptors (Lipinski definition) is 2. The van der Waals surface area contributed by atoms with E-state index in [1.165, 1.54) is 0 Å². The van der Waals surface area contributed by atoms with Gasteiger partial charge in [0.1, 0.15) is 0 Å². The highest BCUT2D eigenvalue weighted by Gasteiger charge is 2.50. The number of hydrogen-bond donors (Lipinski definition) is 3. The normalized spacial score (nSPS) is 23.9. The van der Waals surface area contributed by atoms with Crippen molar-refractivity contribution in [3.8, 4) is 0 Å². The summed E-state index contributed by atoms with van der Waals surface area (Å²) in [6.07, 6.45) is 2.05. The van der Waals surface area contributed by atoms with E-state index in [9.17, 15) is 4.57 Å². The molecule has 0 radical (unpaired) electrons. The summed E-state index contributed by atoms with van der Waals surface area (Å²) in [7, 11) is -3.93. The van der Waals surface area contributed by atoms with E-state index in [1.807, 2.05) is 0 Å². The third-order valence-electron chi connectivity index (χ3n) is 2.28. The Morgan fingerprint density at radius 1 is 1.50 bits per heavy atom. The Kier molecular flexibility index (Phi) is 1.90. The van der Waals surface area contributed by atoms with Crippen LogP contribution in [0, 0.1) is 0 Å². The third-order valence-corrected chi connectivity index (χ3v) is 4.15. The zero-order chi connectivity index (χ0) is 7.83. The largest absolute Gasteiger partial charge is 0.332 e. The first-order chi connectivity index (χ1) is 4.52. The fourth-order valence-corrected chi connectivity index (χ4v) is 2.34. The van der Waals surface area contributed by atoms with Crippen LogP contribution in [0.25, 0.3) is 0 Å². The second-order valence-corrected chi connectivity index (χ2v) is 4.86. The van der Waals surface area contributed by atoms with Crippen LogP contribution in [0.5, 0.6) is 0 Å². The lowest BCUT2D eigenvalue weighted by molar-refractivity contribution is 0.257. The van der Waals surface area contributed by atoms with E-state index in [0.717, 1.165) is 6.42 Å². The fourth-order valence-electron chi connectivity index (χ4n) is 1.20. The van der Waals surface area contributed by atoms with Crippen LogP contribution >= 0.6 is 7.60 Å². The van der Waals surface area contributed by atoms with Gasteiger partial charge in [0.25, 0.3) is 0 Å². The minimum Gasteiger partial charge on any atom is -0.329 e. The minimum absolute atomic E-state index is 0.108. The van der Waals surface area contributed by atoms with Crippen molar-refractivity contribution in [2.45, 2.75) is 24.4 Å². The van der Waals surface area contributed by atoms with E-state index in [-0.39, 0.29) is 6.54 Å². The molecule has 1 aliphatic rings. The van der Waals surface area contributed by atoms with Crippen LogP contribution in [0.3, 0.4) is 0 Å². The average molecular weight is 165 g/mol. The van der Waals surface area contributed by atoms with E-state index in [4.69, 9.17) is 15.5 Å². The molecule has 1 fully saturated rings. The summed E-state index contributed by atoms with van der Waals surface area (Å²) in [5, 5.41) is -0.854. The first kappa shape index (κ1) is 8.21. The quantitative estimate of drug-likeness (QED) is 0.504. The van der Waals surface area contributed by atoms with Crippen molar-refractivity contribution in [3.63, 3.8) is 0 Å². The van der Waals surface area contributed by atoms with Crippen LogP contribution in [-0.4, -0.2) is 21.5 Å². The Hall–Kier alpha value is 0.110. The van der Waals surface area contributed by atoms with E-state index in [0.29, 0.717) is 12.8 Å². The molecule has 4 nitrogen and oxygen atoms in total. The van der Waals surface area contributed by atoms with Crippen LogP contribution in [0.2, 0.25) is 0 Å². The van der Waals surface area contributed by atoms with Crippen LogP contribution < -0.4 is 5.73 Å². The summed E-state index contributed by atoms with van der Waals surface area (Å²) in [6, 6.07) is 0. The molecule has 0 aromatic heterocycles. The van der Waals surface area contributed by atoms with Gasteiger partial charge in [-0.3, -0.25) is 4.57 Å². The topological polar surface area (TPSA) is 83.6 Å². The average Bonchev–Trinajstić information content (AvgIpc) is 1.58. The summed E-state index contributed by atoms with van der Waals surface area (Å²) in [5.41, 5.74) is 5.26. The highest BCUT2D eigenvalue weighted by Crippen LogP contribution is 2.60. The molecule has 0 unspecified atom stereocenters. The van der Waals surface area contributed by atoms with Crippen molar-refractivity contribution in [1.82, 2.24) is 0 Å². The highest BCUT2D eigenvalue weighted by atomic mass is 31.2. The van der Waals surface area contributed by atoms with Crippen LogP contribution in [0.1, 0.15) is 19.3 Å². The Balaban J connectivity index is 2.75. The molecule has 60 valence electrons. The highest BCUT2D eigenvalue weighted by molar-refractivity contribution is 7.53. The molecule has 4 N–H and O–H groups in total. The fraction of sp³-hybridized carbons (Fsp3) is 1.00. The van der Waals surface area contributed by atoms with Crippen molar-refractivity contribution in [2.75, 3.05) is 6.54 Å². The molecule has 0 heterocycles. The van der Waals surface area contributed by atoms with Gasteiger partial charge in [-0.15, -0.1) is 0 Å². The van der Waals surface area contributed by atoms with Crippen molar-refractivity contribution in [2.24, 2.45) is 5.73 Å². The predicted molar refractivity (Wildman–Crippen MR) is 37.7 cm³/mol. The first-order valence-corrected chi connectivity index (χ1v) is 4.89. The van der Waals surface area contributed by atoms with E-state index >= 15 is 0 Å². The Bertz CT molecular complexity index is 166. The lowest BCUT2D eigenvalue weighted by atomic mass is 9.84. The standard InChI is InChI=1S/C5H12NO3P/c6-4-5(2-1-3-5)10(7,8)9/h1-4,6H2,(H2,7,8,9). The molecular formula is C5H12NO3P. The Morgan fingerprint density at radius 3 is 2.00 bits per heavy atom. The molecule has 0 spiro atoms. The number of rotatable bonds is 2. The molecule has 1 aliphatic carbocycles. The molecule has 0 aromatic carbocycles. The molecule has 0 aliphatic heterocycles. The minimum atomic E-state index is -3.93. The SMILES string of the molecule is NCC1(P(=O)(O)O)CCC1. The monoisotopic (exact) mass is 165 g/mol. The van der Waals surface area contributed by atoms with Gasteiger partial charge in [-0.1, -0.05) is 6.42 Å². The van der Waals surface area contributed by atoms with Gasteiger partial charge >= 0.3 is 7.60 Å². The van der Waals surface area contributed by atoms with Gasteiger partial charge in [0, 0.05) is 6.54 Å². The summed E-state index contributed by atoms with van der Waals surface area (Å²) in [5.74, 6) is 0. The van der Waals surface area contributed by atoms with Crippen LogP contribution in [-0.2, 0) is 4.57 Å². The van der Waals surface area contributed by atoms with E-state index < -0.39 is 12.8 Å². The molecule has 0 aromatic rings. The van der Waals surface area contributed by atoms with Gasteiger partial charge in [-0.2, -0.15) is 0 Å². The van der Waals surface area contributed by atoms with Gasteiger partial charge in [0.15, 0.2) is 0 Å². The van der Waals surface area contributed by atoms with Gasteiger partial charge in [0.05, 0.1) is 5.16 Å². The van der Waals surface area contributed by atoms with Crippen molar-refractivity contribution >= 4 is 7.60 Å². The summed E-state index contributed by atoms with van der Waals surface area (Å²) < 4.78 is 10.8. The maximum atomic E-state index is 10.8. The molecule has 1 rings (SSSR count). The molecular weight excluding hydrogens is 153 g/mol. The number of nitrogens with two attached hydrogens (primary N) is 1. The van der Waals surface area contributed by atoms with Gasteiger partial charge in [-0.25, -0.2) is 0 Å². The van der Waals surface area contributed by atoms with Crippen molar-refractivity contribution in [3.05, 3.63) is 0 Å². The first-order valence-electron chi connectivity index (χ1n) is 3.28. The molecule has 5 heteroatoms. The molecule has 0 amide bonds. The van der Waals surface area contributed by atoms with Crippen LogP contribution in [0.4, 0.5) is 0 Å². The van der Waals surface area contributed by atoms with Crippen molar-refractivity contribution < 1.29 is 14.4 Å². The second-order valence-electron chi connectivity index (χ2n) is 2.83. The second kappa shape index (κ2) is 2.31. The lowest BCUT2D eigenvalue weighted by Crippen LogP contribution is -2.43. The lowest BCUT2D eigenvalue weighted by Gasteiger charge is -2.40. The van der Waals surface area contributed by atoms with E-state index in [2.05, 4.69) is 0 Å². The molecule has 0 saturated heterocycles. The van der Waals surface area contributed by atoms with Crippen LogP contribution in [0.15, 0.2) is 0 Å². The zero-order valence-corrected chi connectivity index (χ0v) is 6.55. The van der Waals surface area contributed by atoms with Gasteiger partial charge < -0.3 is 15.5 Å². The Morgan fingerprint density at radius 2 is 2.00 bits per heavy atom. The summed E-state index contributed by atoms with van der Waals surface area (Å²) in [6.45, 7) is 0.108. The smallest absolute Gasteiger partial charge is 0.329 e. The predicted octanol–water partition coefficient (Wildman–Crippen LogP) is 0.0455. The van der Waals surface area contributed by atoms with E-state index in [1.54, 1.807) is 0 Å². The van der Waals surface area contributed by atoms with Gasteiger partial charge in [0.2, 0.25) is 0 Å². The summed E-state index contributed by atoms with van der Waals surface area (Å²) >= 11 is 0. The maximum absolute atomic E-state index is 10.8. The van der Waals surface area contributed by atoms with Crippen molar-refractivity contribution in [1.29, 1.82) is 0 Å². The molecule has 0 bridgehead atoms. The summed E-state index contributed by atoms with van der Waals surface area (Å²) in [4.78, 5) is 17.6. The molecule has 0 atom stereocenters. The van der Waals surface area contributed by atoms with Gasteiger partial charge in [-0.05, 0) is 12.8 Å². The zero-order valence-electron chi connectivity index (χ0n) is 5.66. The molecule has 10 heavy (non-hydrogen) atoms. The molecule has 1 saturated carbocycles.